The number of likely N-dealkylation sites (tertiary alicyclic amines) is 1. The number of rotatable bonds is 25. The van der Waals surface area contributed by atoms with Crippen LogP contribution in [0, 0.1) is 20.8 Å². The van der Waals surface area contributed by atoms with Gasteiger partial charge in [0.25, 0.3) is 17.7 Å². The monoisotopic (exact) mass is 1030 g/mol. The van der Waals surface area contributed by atoms with Crippen molar-refractivity contribution in [3.63, 3.8) is 0 Å². The fourth-order valence-corrected chi connectivity index (χ4v) is 10.4. The van der Waals surface area contributed by atoms with Gasteiger partial charge in [0.15, 0.2) is 18.1 Å². The molecule has 16 nitrogen and oxygen atoms in total. The Morgan fingerprint density at radius 2 is 1.53 bits per heavy atom. The van der Waals surface area contributed by atoms with Gasteiger partial charge < -0.3 is 34.5 Å². The summed E-state index contributed by atoms with van der Waals surface area (Å²) in [5, 5.41) is 8.48. The van der Waals surface area contributed by atoms with Crippen LogP contribution in [0.4, 0.5) is 5.69 Å². The molecule has 0 bridgehead atoms. The number of amides is 6. The Kier molecular flexibility index (Phi) is 19.5. The zero-order valence-corrected chi connectivity index (χ0v) is 44.4. The van der Waals surface area contributed by atoms with Crippen molar-refractivity contribution in [1.82, 2.24) is 20.4 Å². The molecule has 3 aliphatic heterocycles. The summed E-state index contributed by atoms with van der Waals surface area (Å²) in [6.45, 7) is 9.43. The number of unbranched alkanes of at least 4 members (excludes halogenated alkanes) is 5. The molecule has 16 heteroatoms. The van der Waals surface area contributed by atoms with Crippen molar-refractivity contribution in [1.29, 1.82) is 0 Å². The molecule has 400 valence electrons. The average Bonchev–Trinajstić information content (AvgIpc) is 3.66. The number of nitrogens with one attached hydrogen (secondary N) is 3. The Bertz CT molecular complexity index is 2740. The van der Waals surface area contributed by atoms with Crippen LogP contribution in [-0.4, -0.2) is 104 Å². The molecule has 4 atom stereocenters. The summed E-state index contributed by atoms with van der Waals surface area (Å²) in [4.78, 5) is 95.1. The smallest absolute Gasteiger partial charge is 0.329 e. The van der Waals surface area contributed by atoms with Crippen LogP contribution in [0.25, 0.3) is 0 Å². The molecule has 2 unspecified atom stereocenters. The molecule has 2 fully saturated rings. The van der Waals surface area contributed by atoms with E-state index in [1.807, 2.05) is 44.2 Å². The van der Waals surface area contributed by atoms with Crippen molar-refractivity contribution in [3.05, 3.63) is 117 Å². The SMILES string of the molecule is CC[C@H](C(=O)N1CCCC[C@H]1C(=O)OC(CCc1ccc(C)c(C)c1)c1cccc(OCC(=O)NCCCCCCCCNc2cccc3c2C(=O)N(C2CCC(=O)NC2=O)C3=O)c1)c1cc(C)c(OC)c(OC)c1. The molecule has 0 saturated carbocycles. The van der Waals surface area contributed by atoms with Crippen LogP contribution < -0.4 is 30.2 Å². The van der Waals surface area contributed by atoms with Crippen LogP contribution >= 0.6 is 0 Å². The van der Waals surface area contributed by atoms with Crippen molar-refractivity contribution in [2.75, 3.05) is 45.8 Å². The summed E-state index contributed by atoms with van der Waals surface area (Å²) in [6.07, 6.45) is 8.76. The lowest BCUT2D eigenvalue weighted by Gasteiger charge is -2.37. The summed E-state index contributed by atoms with van der Waals surface area (Å²) in [7, 11) is 3.17. The van der Waals surface area contributed by atoms with Crippen molar-refractivity contribution < 1.29 is 52.5 Å². The van der Waals surface area contributed by atoms with Gasteiger partial charge in [0.1, 0.15) is 23.9 Å². The van der Waals surface area contributed by atoms with Gasteiger partial charge >= 0.3 is 5.97 Å². The highest BCUT2D eigenvalue weighted by Crippen LogP contribution is 2.38. The molecule has 4 aromatic carbocycles. The van der Waals surface area contributed by atoms with Crippen molar-refractivity contribution in [2.45, 2.75) is 142 Å². The Balaban J connectivity index is 0.873. The van der Waals surface area contributed by atoms with E-state index in [1.54, 1.807) is 43.4 Å². The van der Waals surface area contributed by atoms with Gasteiger partial charge in [-0.2, -0.15) is 0 Å². The first kappa shape index (κ1) is 55.5. The normalized spacial score (nSPS) is 17.2. The van der Waals surface area contributed by atoms with Crippen molar-refractivity contribution in [3.8, 4) is 17.2 Å². The molecule has 3 N–H and O–H groups in total. The third-order valence-corrected chi connectivity index (χ3v) is 14.7. The maximum atomic E-state index is 14.5. The summed E-state index contributed by atoms with van der Waals surface area (Å²) in [5.74, 6) is -1.77. The number of hydrogen-bond acceptors (Lipinski definition) is 12. The van der Waals surface area contributed by atoms with Crippen molar-refractivity contribution >= 4 is 47.1 Å². The number of ether oxygens (including phenoxy) is 4. The molecular weight excluding hydrogens is 955 g/mol. The number of carbonyl (C=O) groups is 7. The van der Waals surface area contributed by atoms with Gasteiger partial charge in [0.2, 0.25) is 17.7 Å². The molecule has 75 heavy (non-hydrogen) atoms. The zero-order valence-electron chi connectivity index (χ0n) is 44.4. The largest absolute Gasteiger partial charge is 0.493 e. The molecule has 6 amide bonds. The first-order chi connectivity index (χ1) is 36.2. The number of fused-ring (bicyclic) bond motifs is 1. The van der Waals surface area contributed by atoms with Crippen LogP contribution in [0.1, 0.15) is 157 Å². The van der Waals surface area contributed by atoms with E-state index in [0.717, 1.165) is 78.5 Å². The Morgan fingerprint density at radius 3 is 2.27 bits per heavy atom. The zero-order chi connectivity index (χ0) is 53.6. The number of benzene rings is 4. The first-order valence-corrected chi connectivity index (χ1v) is 26.6. The van der Waals surface area contributed by atoms with E-state index >= 15 is 0 Å². The quantitative estimate of drug-likeness (QED) is 0.0325. The van der Waals surface area contributed by atoms with Gasteiger partial charge in [-0.25, -0.2) is 4.79 Å². The lowest BCUT2D eigenvalue weighted by molar-refractivity contribution is -0.162. The predicted molar refractivity (Wildman–Crippen MR) is 284 cm³/mol. The second-order valence-electron chi connectivity index (χ2n) is 19.9. The van der Waals surface area contributed by atoms with E-state index in [2.05, 4.69) is 48.0 Å². The van der Waals surface area contributed by atoms with E-state index in [4.69, 9.17) is 18.9 Å². The van der Waals surface area contributed by atoms with Gasteiger partial charge in [0.05, 0.1) is 31.3 Å². The van der Waals surface area contributed by atoms with Crippen molar-refractivity contribution in [2.24, 2.45) is 0 Å². The predicted octanol–water partition coefficient (Wildman–Crippen LogP) is 8.77. The summed E-state index contributed by atoms with van der Waals surface area (Å²) >= 11 is 0. The van der Waals surface area contributed by atoms with E-state index in [0.29, 0.717) is 68.3 Å². The number of imide groups is 2. The average molecular weight is 1030 g/mol. The van der Waals surface area contributed by atoms with Crippen LogP contribution in [0.15, 0.2) is 72.8 Å². The third kappa shape index (κ3) is 13.7. The number of hydrogen-bond donors (Lipinski definition) is 3. The highest BCUT2D eigenvalue weighted by atomic mass is 16.5. The molecular formula is C59H73N5O11. The highest BCUT2D eigenvalue weighted by Gasteiger charge is 2.46. The molecule has 0 spiro atoms. The van der Waals surface area contributed by atoms with E-state index in [-0.39, 0.29) is 42.4 Å². The minimum absolute atomic E-state index is 0.0637. The summed E-state index contributed by atoms with van der Waals surface area (Å²) in [6, 6.07) is 20.8. The lowest BCUT2D eigenvalue weighted by Crippen LogP contribution is -2.54. The van der Waals surface area contributed by atoms with Gasteiger partial charge in [-0.05, 0) is 142 Å². The maximum absolute atomic E-state index is 14.5. The molecule has 0 aliphatic carbocycles. The summed E-state index contributed by atoms with van der Waals surface area (Å²) in [5.41, 5.74) is 6.94. The van der Waals surface area contributed by atoms with Gasteiger partial charge in [-0.3, -0.25) is 39.0 Å². The van der Waals surface area contributed by atoms with E-state index < -0.39 is 53.7 Å². The Morgan fingerprint density at radius 1 is 0.773 bits per heavy atom. The molecule has 3 heterocycles. The third-order valence-electron chi connectivity index (χ3n) is 14.7. The van der Waals surface area contributed by atoms with Crippen LogP contribution in [0.3, 0.4) is 0 Å². The standard InChI is InChI=1S/C59H73N5O11/c1-7-44(42-33-39(4)54(73-6)50(35-42)72-5)56(68)63-31-15-12-22-48(63)59(71)75-49(27-25-40-24-23-37(2)38(3)32-40)41-18-16-19-43(34-41)74-36-52(66)61-30-14-11-9-8-10-13-29-60-46-21-17-20-45-53(46)58(70)64(57(45)69)47-26-28-51(65)62-55(47)67/h16-21,23-24,32-35,44,47-49,60H,7-15,22,25-31,36H2,1-6H3,(H,61,66)(H,62,65,67)/t44-,47?,48-,49?/m0/s1. The number of carbonyl (C=O) groups excluding carboxylic acids is 7. The van der Waals surface area contributed by atoms with Gasteiger partial charge in [-0.15, -0.1) is 0 Å². The molecule has 7 rings (SSSR count). The highest BCUT2D eigenvalue weighted by molar-refractivity contribution is 6.25. The van der Waals surface area contributed by atoms with Crippen LogP contribution in [0.5, 0.6) is 17.2 Å². The first-order valence-electron chi connectivity index (χ1n) is 26.6. The minimum Gasteiger partial charge on any atom is -0.493 e. The topological polar surface area (TPSA) is 199 Å². The summed E-state index contributed by atoms with van der Waals surface area (Å²) < 4.78 is 23.6. The van der Waals surface area contributed by atoms with Crippen LogP contribution in [0.2, 0.25) is 0 Å². The molecule has 2 saturated heterocycles. The maximum Gasteiger partial charge on any atom is 0.329 e. The second-order valence-corrected chi connectivity index (χ2v) is 19.9. The fraction of sp³-hybridized carbons (Fsp3) is 0.475. The van der Waals surface area contributed by atoms with E-state index in [1.165, 1.54) is 11.1 Å². The molecule has 4 aromatic rings. The molecule has 3 aliphatic rings. The number of piperidine rings is 2. The minimum atomic E-state index is -1.01. The Labute approximate surface area is 440 Å². The van der Waals surface area contributed by atoms with E-state index in [9.17, 15) is 33.6 Å². The fourth-order valence-electron chi connectivity index (χ4n) is 10.4. The number of esters is 1. The number of anilines is 1. The molecule has 0 aromatic heterocycles. The second kappa shape index (κ2) is 26.3. The number of aryl methyl sites for hydroxylation is 4. The Hall–Kier alpha value is -7.23. The van der Waals surface area contributed by atoms with Gasteiger partial charge in [0, 0.05) is 31.7 Å². The van der Waals surface area contributed by atoms with Crippen LogP contribution in [-0.2, 0) is 35.1 Å². The lowest BCUT2D eigenvalue weighted by atomic mass is 9.91. The number of nitrogens with zero attached hydrogens (tertiary/aromatic N) is 2. The van der Waals surface area contributed by atoms with Gasteiger partial charge in [-0.1, -0.05) is 75.1 Å². The molecule has 0 radical (unpaired) electrons. The number of methoxy groups -OCH3 is 2.